The molecule has 0 fully saturated rings. The highest BCUT2D eigenvalue weighted by molar-refractivity contribution is 7.22. The molecule has 2 aromatic carbocycles. The van der Waals surface area contributed by atoms with E-state index in [9.17, 15) is 9.18 Å². The van der Waals surface area contributed by atoms with Gasteiger partial charge in [-0.2, -0.15) is 0 Å². The fraction of sp³-hybridized carbons (Fsp3) is 0.125. The molecule has 0 unspecified atom stereocenters. The number of carbonyl (C=O) groups excluding carboxylic acids is 1. The summed E-state index contributed by atoms with van der Waals surface area (Å²) in [6, 6.07) is 7.53. The van der Waals surface area contributed by atoms with E-state index < -0.39 is 11.7 Å². The Kier molecular flexibility index (Phi) is 4.55. The Morgan fingerprint density at radius 3 is 2.62 bits per heavy atom. The number of methoxy groups -OCH3 is 2. The number of ether oxygens (including phenoxy) is 2. The minimum Gasteiger partial charge on any atom is -0.493 e. The molecular weight excluding hydrogens is 355 g/mol. The summed E-state index contributed by atoms with van der Waals surface area (Å²) in [4.78, 5) is 16.6. The number of anilines is 1. The number of rotatable bonds is 4. The molecule has 1 heterocycles. The Labute approximate surface area is 146 Å². The molecule has 5 nitrogen and oxygen atoms in total. The zero-order chi connectivity index (χ0) is 17.3. The normalized spacial score (nSPS) is 10.7. The van der Waals surface area contributed by atoms with E-state index in [1.165, 1.54) is 43.8 Å². The summed E-state index contributed by atoms with van der Waals surface area (Å²) in [5.74, 6) is -0.255. The van der Waals surface area contributed by atoms with Crippen LogP contribution in [0.15, 0.2) is 30.3 Å². The lowest BCUT2D eigenvalue weighted by molar-refractivity contribution is 0.102. The largest absolute Gasteiger partial charge is 0.493 e. The number of fused-ring (bicyclic) bond motifs is 1. The third-order valence-corrected chi connectivity index (χ3v) is 4.55. The molecule has 0 spiro atoms. The Morgan fingerprint density at radius 2 is 1.96 bits per heavy atom. The number of hydrogen-bond donors (Lipinski definition) is 1. The maximum Gasteiger partial charge on any atom is 0.261 e. The van der Waals surface area contributed by atoms with Crippen molar-refractivity contribution in [3.8, 4) is 11.5 Å². The smallest absolute Gasteiger partial charge is 0.261 e. The number of thiazole rings is 1. The van der Waals surface area contributed by atoms with Crippen molar-refractivity contribution < 1.29 is 18.7 Å². The molecular formula is C16H12ClFN2O3S. The molecule has 0 saturated carbocycles. The summed E-state index contributed by atoms with van der Waals surface area (Å²) in [6.45, 7) is 0. The second kappa shape index (κ2) is 6.62. The minimum absolute atomic E-state index is 0.0388. The van der Waals surface area contributed by atoms with Crippen molar-refractivity contribution in [3.63, 3.8) is 0 Å². The van der Waals surface area contributed by atoms with E-state index in [2.05, 4.69) is 10.3 Å². The lowest BCUT2D eigenvalue weighted by atomic mass is 10.2. The summed E-state index contributed by atoms with van der Waals surface area (Å²) >= 11 is 7.13. The van der Waals surface area contributed by atoms with E-state index >= 15 is 0 Å². The average molecular weight is 367 g/mol. The Balaban J connectivity index is 1.94. The molecule has 8 heteroatoms. The quantitative estimate of drug-likeness (QED) is 0.745. The third-order valence-electron chi connectivity index (χ3n) is 3.30. The second-order valence-electron chi connectivity index (χ2n) is 4.74. The van der Waals surface area contributed by atoms with Crippen LogP contribution in [0.5, 0.6) is 11.5 Å². The highest BCUT2D eigenvalue weighted by Gasteiger charge is 2.18. The molecule has 0 aliphatic carbocycles. The highest BCUT2D eigenvalue weighted by atomic mass is 35.5. The van der Waals surface area contributed by atoms with Crippen molar-refractivity contribution >= 4 is 44.2 Å². The van der Waals surface area contributed by atoms with Crippen LogP contribution in [0.1, 0.15) is 10.4 Å². The number of hydrogen-bond acceptors (Lipinski definition) is 5. The van der Waals surface area contributed by atoms with Crippen molar-refractivity contribution in [3.05, 3.63) is 46.7 Å². The van der Waals surface area contributed by atoms with E-state index in [-0.39, 0.29) is 10.6 Å². The van der Waals surface area contributed by atoms with Gasteiger partial charge in [-0.3, -0.25) is 10.1 Å². The molecule has 1 aromatic heterocycles. The first-order chi connectivity index (χ1) is 11.5. The predicted molar refractivity (Wildman–Crippen MR) is 92.1 cm³/mol. The van der Waals surface area contributed by atoms with Gasteiger partial charge in [-0.1, -0.05) is 29.0 Å². The van der Waals surface area contributed by atoms with Gasteiger partial charge < -0.3 is 9.47 Å². The van der Waals surface area contributed by atoms with E-state index in [1.807, 2.05) is 0 Å². The number of nitrogens with zero attached hydrogens (tertiary/aromatic N) is 1. The second-order valence-corrected chi connectivity index (χ2v) is 6.18. The van der Waals surface area contributed by atoms with Crippen molar-refractivity contribution in [1.29, 1.82) is 0 Å². The number of aromatic nitrogens is 1. The average Bonchev–Trinajstić information content (AvgIpc) is 2.94. The minimum atomic E-state index is -0.690. The van der Waals surface area contributed by atoms with Gasteiger partial charge in [0.2, 0.25) is 0 Å². The van der Waals surface area contributed by atoms with Crippen molar-refractivity contribution in [2.75, 3.05) is 19.5 Å². The Morgan fingerprint density at radius 1 is 1.25 bits per heavy atom. The first-order valence-corrected chi connectivity index (χ1v) is 8.01. The maximum atomic E-state index is 13.8. The molecule has 1 amide bonds. The molecule has 0 aliphatic rings. The fourth-order valence-electron chi connectivity index (χ4n) is 2.18. The van der Waals surface area contributed by atoms with Crippen LogP contribution in [-0.2, 0) is 0 Å². The number of halogens is 2. The molecule has 3 rings (SSSR count). The van der Waals surface area contributed by atoms with E-state index in [4.69, 9.17) is 21.1 Å². The van der Waals surface area contributed by atoms with Gasteiger partial charge in [-0.25, -0.2) is 9.37 Å². The molecule has 0 bridgehead atoms. The van der Waals surface area contributed by atoms with Crippen LogP contribution < -0.4 is 14.8 Å². The third kappa shape index (κ3) is 3.00. The lowest BCUT2D eigenvalue weighted by Gasteiger charge is -2.05. The molecule has 124 valence electrons. The van der Waals surface area contributed by atoms with Crippen LogP contribution in [0.3, 0.4) is 0 Å². The van der Waals surface area contributed by atoms with Gasteiger partial charge >= 0.3 is 0 Å². The number of carbonyl (C=O) groups is 1. The maximum absolute atomic E-state index is 13.8. The van der Waals surface area contributed by atoms with Gasteiger partial charge in [0.05, 0.1) is 35.0 Å². The number of amides is 1. The molecule has 0 saturated heterocycles. The van der Waals surface area contributed by atoms with Crippen molar-refractivity contribution in [2.45, 2.75) is 0 Å². The van der Waals surface area contributed by atoms with E-state index in [0.717, 1.165) is 4.70 Å². The van der Waals surface area contributed by atoms with Crippen molar-refractivity contribution in [2.24, 2.45) is 0 Å². The van der Waals surface area contributed by atoms with Gasteiger partial charge in [0, 0.05) is 12.1 Å². The number of nitrogens with one attached hydrogen (secondary N) is 1. The molecule has 0 atom stereocenters. The molecule has 24 heavy (non-hydrogen) atoms. The van der Waals surface area contributed by atoms with Gasteiger partial charge in [-0.05, 0) is 12.1 Å². The zero-order valence-electron chi connectivity index (χ0n) is 12.7. The first kappa shape index (κ1) is 16.5. The first-order valence-electron chi connectivity index (χ1n) is 6.81. The lowest BCUT2D eigenvalue weighted by Crippen LogP contribution is -2.14. The topological polar surface area (TPSA) is 60.5 Å². The van der Waals surface area contributed by atoms with Gasteiger partial charge in [0.25, 0.3) is 5.91 Å². The highest BCUT2D eigenvalue weighted by Crippen LogP contribution is 2.36. The van der Waals surface area contributed by atoms with Gasteiger partial charge in [-0.15, -0.1) is 0 Å². The van der Waals surface area contributed by atoms with Crippen molar-refractivity contribution in [1.82, 2.24) is 4.98 Å². The summed E-state index contributed by atoms with van der Waals surface area (Å²) in [7, 11) is 3.06. The van der Waals surface area contributed by atoms with E-state index in [0.29, 0.717) is 22.1 Å². The van der Waals surface area contributed by atoms with Crippen LogP contribution in [0, 0.1) is 5.82 Å². The monoisotopic (exact) mass is 366 g/mol. The molecule has 0 aliphatic heterocycles. The van der Waals surface area contributed by atoms with Crippen LogP contribution in [0.4, 0.5) is 9.52 Å². The Bertz CT molecular complexity index is 868. The standard InChI is InChI=1S/C16H12ClFN2O3S/c1-22-11-6-10-13(7-12(11)23-2)24-16(19-10)20-15(21)14-8(17)4-3-5-9(14)18/h3-7H,1-2H3,(H,19,20,21). The predicted octanol–water partition coefficient (Wildman–Crippen LogP) is 4.36. The fourth-order valence-corrected chi connectivity index (χ4v) is 3.30. The molecule has 0 radical (unpaired) electrons. The van der Waals surface area contributed by atoms with Crippen LogP contribution in [0.2, 0.25) is 5.02 Å². The van der Waals surface area contributed by atoms with Gasteiger partial charge in [0.15, 0.2) is 16.6 Å². The van der Waals surface area contributed by atoms with Crippen LogP contribution in [0.25, 0.3) is 10.2 Å². The molecule has 3 aromatic rings. The van der Waals surface area contributed by atoms with E-state index in [1.54, 1.807) is 12.1 Å². The SMILES string of the molecule is COc1cc2nc(NC(=O)c3c(F)cccc3Cl)sc2cc1OC. The number of benzene rings is 2. The molecule has 1 N–H and O–H groups in total. The zero-order valence-corrected chi connectivity index (χ0v) is 14.3. The summed E-state index contributed by atoms with van der Waals surface area (Å²) in [6.07, 6.45) is 0. The van der Waals surface area contributed by atoms with Crippen LogP contribution in [-0.4, -0.2) is 25.1 Å². The summed E-state index contributed by atoms with van der Waals surface area (Å²) in [5, 5.41) is 2.93. The van der Waals surface area contributed by atoms with Crippen LogP contribution >= 0.6 is 22.9 Å². The van der Waals surface area contributed by atoms with Gasteiger partial charge in [0.1, 0.15) is 5.82 Å². The Hall–Kier alpha value is -2.38. The summed E-state index contributed by atoms with van der Waals surface area (Å²) < 4.78 is 25.1. The summed E-state index contributed by atoms with van der Waals surface area (Å²) in [5.41, 5.74) is 0.418.